The molecular formula is C30H39N5O3S. The van der Waals surface area contributed by atoms with E-state index in [0.717, 1.165) is 33.6 Å². The van der Waals surface area contributed by atoms with Crippen LogP contribution in [0.4, 0.5) is 5.69 Å². The molecule has 0 saturated heterocycles. The highest BCUT2D eigenvalue weighted by molar-refractivity contribution is 7.20. The highest BCUT2D eigenvalue weighted by atomic mass is 32.1. The number of nitrogens with zero attached hydrogens (tertiary/aromatic N) is 2. The molecule has 0 saturated carbocycles. The summed E-state index contributed by atoms with van der Waals surface area (Å²) >= 11 is 1.47. The van der Waals surface area contributed by atoms with Gasteiger partial charge < -0.3 is 20.9 Å². The van der Waals surface area contributed by atoms with Crippen molar-refractivity contribution in [2.45, 2.75) is 53.9 Å². The number of carbonyl (C=O) groups excluding carboxylic acids is 2. The van der Waals surface area contributed by atoms with Gasteiger partial charge in [-0.3, -0.25) is 9.59 Å². The zero-order chi connectivity index (χ0) is 28.4. The van der Waals surface area contributed by atoms with Gasteiger partial charge in [-0.25, -0.2) is 4.98 Å². The first-order valence-electron chi connectivity index (χ1n) is 13.4. The summed E-state index contributed by atoms with van der Waals surface area (Å²) in [5.41, 5.74) is 9.35. The second kappa shape index (κ2) is 14.0. The van der Waals surface area contributed by atoms with Gasteiger partial charge >= 0.3 is 0 Å². The Bertz CT molecular complexity index is 1340. The second-order valence-electron chi connectivity index (χ2n) is 10.2. The van der Waals surface area contributed by atoms with Crippen molar-refractivity contribution in [1.82, 2.24) is 15.5 Å². The number of aryl methyl sites for hydroxylation is 1. The van der Waals surface area contributed by atoms with Gasteiger partial charge in [0, 0.05) is 35.9 Å². The number of aromatic nitrogens is 2. The maximum Gasteiger partial charge on any atom is 0.277 e. The van der Waals surface area contributed by atoms with Crippen molar-refractivity contribution in [2.24, 2.45) is 17.1 Å². The van der Waals surface area contributed by atoms with Crippen LogP contribution in [-0.4, -0.2) is 35.0 Å². The summed E-state index contributed by atoms with van der Waals surface area (Å²) in [5, 5.41) is 10.1. The predicted octanol–water partition coefficient (Wildman–Crippen LogP) is 6.09. The fourth-order valence-electron chi connectivity index (χ4n) is 4.29. The van der Waals surface area contributed by atoms with Gasteiger partial charge in [-0.15, -0.1) is 11.3 Å². The summed E-state index contributed by atoms with van der Waals surface area (Å²) in [4.78, 5) is 30.1. The van der Waals surface area contributed by atoms with E-state index in [-0.39, 0.29) is 17.5 Å². The van der Waals surface area contributed by atoms with E-state index in [1.54, 1.807) is 12.1 Å². The van der Waals surface area contributed by atoms with E-state index in [9.17, 15) is 9.59 Å². The highest BCUT2D eigenvalue weighted by Crippen LogP contribution is 2.38. The van der Waals surface area contributed by atoms with Crippen molar-refractivity contribution in [3.8, 4) is 0 Å². The number of hydrogen-bond acceptors (Lipinski definition) is 7. The molecule has 1 aliphatic carbocycles. The van der Waals surface area contributed by atoms with E-state index in [4.69, 9.17) is 10.7 Å². The van der Waals surface area contributed by atoms with Gasteiger partial charge in [-0.2, -0.15) is 0 Å². The summed E-state index contributed by atoms with van der Waals surface area (Å²) in [6.07, 6.45) is 4.69. The minimum atomic E-state index is -0.273. The number of thiophene rings is 1. The molecule has 2 amide bonds. The van der Waals surface area contributed by atoms with Crippen LogP contribution in [0, 0.1) is 11.3 Å². The van der Waals surface area contributed by atoms with Crippen molar-refractivity contribution in [3.63, 3.8) is 0 Å². The lowest BCUT2D eigenvalue weighted by atomic mass is 9.71. The Hall–Kier alpha value is -3.56. The van der Waals surface area contributed by atoms with Gasteiger partial charge in [0.1, 0.15) is 11.1 Å². The zero-order valence-electron chi connectivity index (χ0n) is 23.4. The first-order valence-corrected chi connectivity index (χ1v) is 14.2. The summed E-state index contributed by atoms with van der Waals surface area (Å²) in [6, 6.07) is 14.9. The summed E-state index contributed by atoms with van der Waals surface area (Å²) in [7, 11) is 0. The van der Waals surface area contributed by atoms with Crippen LogP contribution in [0.3, 0.4) is 0 Å². The number of benzene rings is 1. The average molecular weight is 550 g/mol. The first-order chi connectivity index (χ1) is 18.7. The van der Waals surface area contributed by atoms with Crippen LogP contribution in [-0.2, 0) is 12.8 Å². The molecule has 4 N–H and O–H groups in total. The quantitative estimate of drug-likeness (QED) is 0.277. The molecule has 5 rings (SSSR count). The van der Waals surface area contributed by atoms with E-state index in [2.05, 4.69) is 47.2 Å². The number of nitrogens with two attached hydrogens (primary N) is 1. The average Bonchev–Trinajstić information content (AvgIpc) is 3.62. The SMILES string of the molecule is CC.CC(C)(C)C1CCc2nc3sc(C(=O)NCCN)cc3cc2C1.O=C(Nc1ccccc1)c1ccon1. The molecule has 1 aliphatic rings. The topological polar surface area (TPSA) is 123 Å². The number of amides is 2. The Morgan fingerprint density at radius 3 is 2.49 bits per heavy atom. The highest BCUT2D eigenvalue weighted by Gasteiger charge is 2.29. The monoisotopic (exact) mass is 549 g/mol. The summed E-state index contributed by atoms with van der Waals surface area (Å²) < 4.78 is 4.56. The normalized spacial score (nSPS) is 14.3. The van der Waals surface area contributed by atoms with Gasteiger partial charge in [0.15, 0.2) is 5.69 Å². The van der Waals surface area contributed by atoms with Crippen LogP contribution in [0.2, 0.25) is 0 Å². The zero-order valence-corrected chi connectivity index (χ0v) is 24.2. The smallest absolute Gasteiger partial charge is 0.277 e. The van der Waals surface area contributed by atoms with Gasteiger partial charge in [-0.1, -0.05) is 58.0 Å². The molecule has 1 atom stereocenters. The van der Waals surface area contributed by atoms with Gasteiger partial charge in [0.25, 0.3) is 11.8 Å². The van der Waals surface area contributed by atoms with Crippen molar-refractivity contribution in [3.05, 3.63) is 76.6 Å². The predicted molar refractivity (Wildman–Crippen MR) is 158 cm³/mol. The molecule has 1 unspecified atom stereocenters. The Morgan fingerprint density at radius 2 is 1.85 bits per heavy atom. The van der Waals surface area contributed by atoms with Crippen molar-refractivity contribution >= 4 is 39.1 Å². The first kappa shape index (κ1) is 30.0. The lowest BCUT2D eigenvalue weighted by molar-refractivity contribution is 0.0957. The minimum absolute atomic E-state index is 0.0519. The van der Waals surface area contributed by atoms with Crippen molar-refractivity contribution < 1.29 is 14.1 Å². The van der Waals surface area contributed by atoms with E-state index < -0.39 is 0 Å². The number of carbonyl (C=O) groups is 2. The molecular weight excluding hydrogens is 510 g/mol. The molecule has 1 aromatic carbocycles. The van der Waals surface area contributed by atoms with Crippen LogP contribution in [0.25, 0.3) is 10.2 Å². The lowest BCUT2D eigenvalue weighted by Crippen LogP contribution is -2.28. The number of nitrogens with one attached hydrogen (secondary N) is 2. The molecule has 0 aliphatic heterocycles. The third-order valence-corrected chi connectivity index (χ3v) is 7.50. The molecule has 0 spiro atoms. The molecule has 208 valence electrons. The molecule has 8 nitrogen and oxygen atoms in total. The lowest BCUT2D eigenvalue weighted by Gasteiger charge is -2.34. The Labute approximate surface area is 234 Å². The molecule has 0 bridgehead atoms. The van der Waals surface area contributed by atoms with Crippen LogP contribution in [0.5, 0.6) is 0 Å². The molecule has 4 aromatic rings. The van der Waals surface area contributed by atoms with E-state index in [1.807, 2.05) is 38.1 Å². The number of fused-ring (bicyclic) bond motifs is 2. The van der Waals surface area contributed by atoms with E-state index in [1.165, 1.54) is 41.3 Å². The minimum Gasteiger partial charge on any atom is -0.364 e. The number of pyridine rings is 1. The van der Waals surface area contributed by atoms with Crippen LogP contribution in [0.1, 0.15) is 72.5 Å². The Morgan fingerprint density at radius 1 is 1.10 bits per heavy atom. The van der Waals surface area contributed by atoms with Crippen molar-refractivity contribution in [1.29, 1.82) is 0 Å². The maximum absolute atomic E-state index is 12.1. The Balaban J connectivity index is 0.000000224. The fraction of sp³-hybridized carbons (Fsp3) is 0.400. The third kappa shape index (κ3) is 8.21. The van der Waals surface area contributed by atoms with Gasteiger partial charge in [0.2, 0.25) is 0 Å². The number of para-hydroxylation sites is 1. The van der Waals surface area contributed by atoms with Crippen molar-refractivity contribution in [2.75, 3.05) is 18.4 Å². The van der Waals surface area contributed by atoms with Gasteiger partial charge in [-0.05, 0) is 60.4 Å². The molecule has 3 aromatic heterocycles. The standard InChI is InChI=1S/C18H25N3OS.C10H8N2O2.C2H6/c1-18(2,3)13-4-5-14-11(9-13)8-12-10-15(23-17(12)21-14)16(22)20-7-6-19;13-10(9-6-7-14-12-9)11-8-4-2-1-3-5-8;1-2/h8,10,13H,4-7,9,19H2,1-3H3,(H,20,22);1-7H,(H,11,13);1-2H3. The molecule has 3 heterocycles. The number of hydrogen-bond donors (Lipinski definition) is 3. The Kier molecular flexibility index (Phi) is 10.8. The van der Waals surface area contributed by atoms with Gasteiger partial charge in [0.05, 0.1) is 4.88 Å². The van der Waals surface area contributed by atoms with E-state index in [0.29, 0.717) is 24.4 Å². The summed E-state index contributed by atoms with van der Waals surface area (Å²) in [6.45, 7) is 11.9. The third-order valence-electron chi connectivity index (χ3n) is 6.45. The second-order valence-corrected chi connectivity index (χ2v) is 11.2. The van der Waals surface area contributed by atoms with Crippen LogP contribution in [0.15, 0.2) is 59.3 Å². The van der Waals surface area contributed by atoms with Crippen LogP contribution < -0.4 is 16.4 Å². The largest absolute Gasteiger partial charge is 0.364 e. The summed E-state index contributed by atoms with van der Waals surface area (Å²) in [5.74, 6) is 0.370. The molecule has 0 fully saturated rings. The maximum atomic E-state index is 12.1. The molecule has 39 heavy (non-hydrogen) atoms. The number of anilines is 1. The molecule has 0 radical (unpaired) electrons. The number of rotatable bonds is 5. The van der Waals surface area contributed by atoms with Crippen LogP contribution >= 0.6 is 11.3 Å². The van der Waals surface area contributed by atoms with E-state index >= 15 is 0 Å². The fourth-order valence-corrected chi connectivity index (χ4v) is 5.24. The molecule has 9 heteroatoms.